The lowest BCUT2D eigenvalue weighted by molar-refractivity contribution is -0.713. The maximum Gasteiger partial charge on any atom is 0.141 e. The average molecular weight is 207 g/mol. The third kappa shape index (κ3) is 2.15. The Morgan fingerprint density at radius 1 is 1.67 bits per heavy atom. The highest BCUT2D eigenvalue weighted by Crippen LogP contribution is 2.39. The Bertz CT molecular complexity index is 315. The van der Waals surface area contributed by atoms with Crippen molar-refractivity contribution in [2.75, 3.05) is 6.54 Å². The second kappa shape index (κ2) is 4.23. The van der Waals surface area contributed by atoms with Crippen molar-refractivity contribution in [3.8, 4) is 18.4 Å². The molecule has 0 spiro atoms. The fourth-order valence-electron chi connectivity index (χ4n) is 2.30. The van der Waals surface area contributed by atoms with E-state index in [1.54, 1.807) is 0 Å². The lowest BCUT2D eigenvalue weighted by atomic mass is 9.65. The summed E-state index contributed by atoms with van der Waals surface area (Å²) >= 11 is 0. The molecule has 0 radical (unpaired) electrons. The van der Waals surface area contributed by atoms with Crippen LogP contribution < -0.4 is 5.32 Å². The van der Waals surface area contributed by atoms with Crippen LogP contribution in [0.25, 0.3) is 0 Å². The van der Waals surface area contributed by atoms with Gasteiger partial charge in [0.2, 0.25) is 0 Å². The zero-order chi connectivity index (χ0) is 11.5. The summed E-state index contributed by atoms with van der Waals surface area (Å²) in [6.45, 7) is 4.83. The summed E-state index contributed by atoms with van der Waals surface area (Å²) in [7, 11) is 0. The first-order valence-corrected chi connectivity index (χ1v) is 5.38. The molecule has 1 fully saturated rings. The topological polar surface area (TPSA) is 60.6 Å². The fraction of sp³-hybridized carbons (Fsp3) is 0.750. The van der Waals surface area contributed by atoms with Gasteiger partial charge < -0.3 is 10.4 Å². The zero-order valence-corrected chi connectivity index (χ0v) is 9.45. The van der Waals surface area contributed by atoms with Crippen molar-refractivity contribution in [1.82, 2.24) is 0 Å². The van der Waals surface area contributed by atoms with Gasteiger partial charge >= 0.3 is 0 Å². The highest BCUT2D eigenvalue weighted by molar-refractivity contribution is 5.17. The zero-order valence-electron chi connectivity index (χ0n) is 9.45. The van der Waals surface area contributed by atoms with Gasteiger partial charge in [-0.1, -0.05) is 12.8 Å². The van der Waals surface area contributed by atoms with Crippen LogP contribution in [0.3, 0.4) is 0 Å². The third-order valence-corrected chi connectivity index (χ3v) is 3.61. The minimum Gasteiger partial charge on any atom is -0.377 e. The van der Waals surface area contributed by atoms with Crippen molar-refractivity contribution in [3.05, 3.63) is 0 Å². The van der Waals surface area contributed by atoms with Crippen LogP contribution in [0.2, 0.25) is 0 Å². The Kier molecular flexibility index (Phi) is 3.39. The molecule has 1 aliphatic rings. The van der Waals surface area contributed by atoms with Crippen molar-refractivity contribution in [1.29, 1.82) is 5.26 Å². The molecule has 0 unspecified atom stereocenters. The van der Waals surface area contributed by atoms with Gasteiger partial charge in [0.1, 0.15) is 5.60 Å². The van der Waals surface area contributed by atoms with Gasteiger partial charge in [0, 0.05) is 12.8 Å². The van der Waals surface area contributed by atoms with E-state index in [0.29, 0.717) is 25.3 Å². The van der Waals surface area contributed by atoms with Gasteiger partial charge in [-0.15, -0.1) is 6.42 Å². The number of terminal acetylenes is 1. The number of quaternary nitrogens is 1. The number of nitriles is 1. The highest BCUT2D eigenvalue weighted by atomic mass is 16.3. The molecule has 0 aliphatic carbocycles. The molecule has 0 saturated carbocycles. The number of hydrogen-bond donors (Lipinski definition) is 2. The average Bonchev–Trinajstić information content (AvgIpc) is 2.22. The van der Waals surface area contributed by atoms with Crippen LogP contribution in [0.15, 0.2) is 0 Å². The van der Waals surface area contributed by atoms with Gasteiger partial charge in [0.05, 0.1) is 24.1 Å². The van der Waals surface area contributed by atoms with Crippen LogP contribution in [0, 0.1) is 29.1 Å². The van der Waals surface area contributed by atoms with E-state index >= 15 is 0 Å². The van der Waals surface area contributed by atoms with E-state index in [0.717, 1.165) is 6.54 Å². The van der Waals surface area contributed by atoms with Crippen LogP contribution in [-0.4, -0.2) is 23.3 Å². The molecule has 0 aromatic carbocycles. The SMILES string of the molecule is C#C[C@@]1(O)C[C@H](C)[NH2+]C[C@]1(C)CCC#N. The van der Waals surface area contributed by atoms with Crippen LogP contribution in [0.4, 0.5) is 0 Å². The second-order valence-electron chi connectivity index (χ2n) is 4.84. The molecular weight excluding hydrogens is 188 g/mol. The largest absolute Gasteiger partial charge is 0.377 e. The van der Waals surface area contributed by atoms with E-state index in [2.05, 4.69) is 24.2 Å². The van der Waals surface area contributed by atoms with Gasteiger partial charge in [-0.2, -0.15) is 5.26 Å². The van der Waals surface area contributed by atoms with E-state index in [-0.39, 0.29) is 5.41 Å². The number of nitrogens with zero attached hydrogens (tertiary/aromatic N) is 1. The number of rotatable bonds is 2. The summed E-state index contributed by atoms with van der Waals surface area (Å²) in [4.78, 5) is 0. The molecule has 15 heavy (non-hydrogen) atoms. The fourth-order valence-corrected chi connectivity index (χ4v) is 2.30. The first-order valence-electron chi connectivity index (χ1n) is 5.38. The second-order valence-corrected chi connectivity index (χ2v) is 4.84. The van der Waals surface area contributed by atoms with E-state index in [9.17, 15) is 5.11 Å². The Morgan fingerprint density at radius 2 is 2.33 bits per heavy atom. The molecule has 82 valence electrons. The molecule has 0 bridgehead atoms. The van der Waals surface area contributed by atoms with Crippen LogP contribution in [-0.2, 0) is 0 Å². The standard InChI is InChI=1S/C12H18N2O/c1-4-12(15)8-10(2)14-9-11(12,3)6-5-7-13/h1,10,14-15H,5-6,8-9H2,2-3H3/p+1/t10-,11-,12+/m0/s1. The first kappa shape index (κ1) is 12.0. The van der Waals surface area contributed by atoms with E-state index in [1.807, 2.05) is 6.92 Å². The van der Waals surface area contributed by atoms with Crippen molar-refractivity contribution >= 4 is 0 Å². The molecule has 1 rings (SSSR count). The van der Waals surface area contributed by atoms with Crippen LogP contribution >= 0.6 is 0 Å². The number of hydrogen-bond acceptors (Lipinski definition) is 2. The van der Waals surface area contributed by atoms with Gasteiger partial charge in [-0.3, -0.25) is 0 Å². The predicted octanol–water partition coefficient (Wildman–Crippen LogP) is 0.0164. The predicted molar refractivity (Wildman–Crippen MR) is 57.6 cm³/mol. The molecule has 3 nitrogen and oxygen atoms in total. The summed E-state index contributed by atoms with van der Waals surface area (Å²) in [5.74, 6) is 2.54. The number of nitrogens with two attached hydrogens (primary N) is 1. The van der Waals surface area contributed by atoms with Crippen molar-refractivity contribution < 1.29 is 10.4 Å². The minimum atomic E-state index is -1.06. The maximum absolute atomic E-state index is 10.4. The molecule has 0 aromatic rings. The maximum atomic E-state index is 10.4. The van der Waals surface area contributed by atoms with E-state index in [1.165, 1.54) is 0 Å². The monoisotopic (exact) mass is 207 g/mol. The van der Waals surface area contributed by atoms with Gasteiger partial charge in [0.25, 0.3) is 0 Å². The third-order valence-electron chi connectivity index (χ3n) is 3.61. The molecule has 3 atom stereocenters. The normalized spacial score (nSPS) is 40.5. The summed E-state index contributed by atoms with van der Waals surface area (Å²) in [5, 5.41) is 21.2. The van der Waals surface area contributed by atoms with Crippen LogP contribution in [0.5, 0.6) is 0 Å². The van der Waals surface area contributed by atoms with Gasteiger partial charge in [0.15, 0.2) is 0 Å². The van der Waals surface area contributed by atoms with Crippen molar-refractivity contribution in [2.45, 2.75) is 44.8 Å². The highest BCUT2D eigenvalue weighted by Gasteiger charge is 2.51. The Labute approximate surface area is 91.5 Å². The van der Waals surface area contributed by atoms with Crippen LogP contribution in [0.1, 0.15) is 33.1 Å². The molecule has 1 saturated heterocycles. The first-order chi connectivity index (χ1) is 6.97. The molecule has 1 heterocycles. The quantitative estimate of drug-likeness (QED) is 0.627. The Balaban J connectivity index is 2.87. The molecular formula is C12H19N2O+. The van der Waals surface area contributed by atoms with Gasteiger partial charge in [-0.25, -0.2) is 0 Å². The summed E-state index contributed by atoms with van der Waals surface area (Å²) in [6, 6.07) is 2.47. The molecule has 1 aliphatic heterocycles. The van der Waals surface area contributed by atoms with E-state index in [4.69, 9.17) is 11.7 Å². The number of aliphatic hydroxyl groups is 1. The lowest BCUT2D eigenvalue weighted by Crippen LogP contribution is -2.96. The summed E-state index contributed by atoms with van der Waals surface area (Å²) in [6.07, 6.45) is 7.16. The van der Waals surface area contributed by atoms with Gasteiger partial charge in [-0.05, 0) is 13.3 Å². The Morgan fingerprint density at radius 3 is 2.87 bits per heavy atom. The summed E-state index contributed by atoms with van der Waals surface area (Å²) < 4.78 is 0. The molecule has 3 heteroatoms. The Hall–Kier alpha value is -1.03. The van der Waals surface area contributed by atoms with E-state index < -0.39 is 5.60 Å². The lowest BCUT2D eigenvalue weighted by Gasteiger charge is -2.45. The molecule has 0 amide bonds. The minimum absolute atomic E-state index is 0.343. The van der Waals surface area contributed by atoms with Crippen molar-refractivity contribution in [3.63, 3.8) is 0 Å². The smallest absolute Gasteiger partial charge is 0.141 e. The molecule has 3 N–H and O–H groups in total. The molecule has 0 aromatic heterocycles. The summed E-state index contributed by atoms with van der Waals surface area (Å²) in [5.41, 5.74) is -1.40. The van der Waals surface area contributed by atoms with Crippen molar-refractivity contribution in [2.24, 2.45) is 5.41 Å². The number of piperidine rings is 1.